The zero-order valence-corrected chi connectivity index (χ0v) is 7.48. The fourth-order valence-electron chi connectivity index (χ4n) is 1.69. The molecule has 0 aromatic carbocycles. The molecule has 0 aromatic rings. The largest absolute Gasteiger partial charge is 0.291 e. The first kappa shape index (κ1) is 8.51. The molecule has 0 fully saturated rings. The van der Waals surface area contributed by atoms with Crippen molar-refractivity contribution in [2.75, 3.05) is 0 Å². The Morgan fingerprint density at radius 3 is 2.73 bits per heavy atom. The molecule has 0 saturated heterocycles. The van der Waals surface area contributed by atoms with Crippen molar-refractivity contribution < 1.29 is 4.79 Å². The quantitative estimate of drug-likeness (QED) is 0.554. The molecule has 61 valence electrons. The summed E-state index contributed by atoms with van der Waals surface area (Å²) in [6.45, 7) is 6.60. The van der Waals surface area contributed by atoms with Crippen LogP contribution in [0.5, 0.6) is 0 Å². The van der Waals surface area contributed by atoms with Crippen LogP contribution in [0.25, 0.3) is 0 Å². The summed E-state index contributed by atoms with van der Waals surface area (Å²) in [7, 11) is 0. The van der Waals surface area contributed by atoms with E-state index in [9.17, 15) is 4.79 Å². The summed E-state index contributed by atoms with van der Waals surface area (Å²) in [4.78, 5) is 10.1. The van der Waals surface area contributed by atoms with Crippen LogP contribution >= 0.6 is 0 Å². The maximum absolute atomic E-state index is 10.1. The Balaban J connectivity index is 2.63. The molecule has 0 saturated carbocycles. The predicted octanol–water partition coefficient (Wildman–Crippen LogP) is 2.48. The third-order valence-electron chi connectivity index (χ3n) is 2.67. The van der Waals surface area contributed by atoms with Gasteiger partial charge < -0.3 is 0 Å². The van der Waals surface area contributed by atoms with Crippen LogP contribution in [0.1, 0.15) is 33.6 Å². The van der Waals surface area contributed by atoms with E-state index in [1.807, 2.05) is 6.29 Å². The predicted molar refractivity (Wildman–Crippen MR) is 46.0 cm³/mol. The molecule has 11 heavy (non-hydrogen) atoms. The zero-order chi connectivity index (χ0) is 8.48. The Hall–Kier alpha value is -0.590. The van der Waals surface area contributed by atoms with Gasteiger partial charge in [0, 0.05) is 6.42 Å². The minimum atomic E-state index is 0.307. The lowest BCUT2D eigenvalue weighted by Crippen LogP contribution is -2.09. The molecule has 0 aromatic heterocycles. The monoisotopic (exact) mass is 151 g/mol. The summed E-state index contributed by atoms with van der Waals surface area (Å²) in [5.41, 5.74) is 1.72. The van der Waals surface area contributed by atoms with E-state index in [4.69, 9.17) is 0 Å². The highest BCUT2D eigenvalue weighted by Crippen LogP contribution is 2.41. The Labute approximate surface area is 68.5 Å². The van der Waals surface area contributed by atoms with Crippen molar-refractivity contribution in [3.05, 3.63) is 11.6 Å². The molecule has 1 atom stereocenters. The zero-order valence-electron chi connectivity index (χ0n) is 7.48. The molecule has 1 radical (unpaired) electrons. The van der Waals surface area contributed by atoms with Crippen LogP contribution in [-0.2, 0) is 4.79 Å². The highest BCUT2D eigenvalue weighted by Gasteiger charge is 2.29. The highest BCUT2D eigenvalue weighted by atomic mass is 16.1. The first-order valence-electron chi connectivity index (χ1n) is 4.10. The van der Waals surface area contributed by atoms with Crippen molar-refractivity contribution in [3.8, 4) is 0 Å². The lowest BCUT2D eigenvalue weighted by Gasteiger charge is -2.20. The van der Waals surface area contributed by atoms with E-state index in [1.165, 1.54) is 5.57 Å². The second-order valence-electron chi connectivity index (χ2n) is 4.05. The smallest absolute Gasteiger partial charge is 0.198 e. The van der Waals surface area contributed by atoms with Crippen LogP contribution in [0, 0.1) is 11.3 Å². The van der Waals surface area contributed by atoms with Crippen molar-refractivity contribution >= 4 is 6.29 Å². The van der Waals surface area contributed by atoms with E-state index >= 15 is 0 Å². The molecule has 0 heterocycles. The van der Waals surface area contributed by atoms with Gasteiger partial charge in [-0.3, -0.25) is 4.79 Å². The topological polar surface area (TPSA) is 17.1 Å². The molecule has 1 heteroatoms. The second kappa shape index (κ2) is 2.80. The van der Waals surface area contributed by atoms with Gasteiger partial charge in [-0.05, 0) is 24.7 Å². The maximum atomic E-state index is 10.1. The Morgan fingerprint density at radius 1 is 1.73 bits per heavy atom. The van der Waals surface area contributed by atoms with Gasteiger partial charge in [0.25, 0.3) is 0 Å². The van der Waals surface area contributed by atoms with Crippen LogP contribution in [-0.4, -0.2) is 6.29 Å². The van der Waals surface area contributed by atoms with Gasteiger partial charge in [0.05, 0.1) is 0 Å². The van der Waals surface area contributed by atoms with Crippen LogP contribution < -0.4 is 0 Å². The molecule has 1 unspecified atom stereocenters. The van der Waals surface area contributed by atoms with Crippen molar-refractivity contribution in [2.45, 2.75) is 33.6 Å². The first-order valence-corrected chi connectivity index (χ1v) is 4.10. The maximum Gasteiger partial charge on any atom is 0.198 e. The average molecular weight is 151 g/mol. The first-order chi connectivity index (χ1) is 5.06. The lowest BCUT2D eigenvalue weighted by atomic mass is 9.85. The lowest BCUT2D eigenvalue weighted by molar-refractivity contribution is 0.392. The summed E-state index contributed by atoms with van der Waals surface area (Å²) in [6, 6.07) is 0. The fraction of sp³-hybridized carbons (Fsp3) is 0.700. The molecule has 0 bridgehead atoms. The summed E-state index contributed by atoms with van der Waals surface area (Å²) >= 11 is 0. The molecule has 1 nitrogen and oxygen atoms in total. The summed E-state index contributed by atoms with van der Waals surface area (Å²) in [6.07, 6.45) is 5.86. The average Bonchev–Trinajstić information content (AvgIpc) is 2.08. The van der Waals surface area contributed by atoms with Gasteiger partial charge in [-0.2, -0.15) is 0 Å². The molecule has 0 spiro atoms. The van der Waals surface area contributed by atoms with E-state index in [1.54, 1.807) is 0 Å². The number of rotatable bonds is 2. The van der Waals surface area contributed by atoms with Crippen LogP contribution in [0.4, 0.5) is 0 Å². The molecule has 0 aliphatic heterocycles. The minimum Gasteiger partial charge on any atom is -0.291 e. The van der Waals surface area contributed by atoms with Gasteiger partial charge in [-0.15, -0.1) is 0 Å². The fourth-order valence-corrected chi connectivity index (χ4v) is 1.69. The van der Waals surface area contributed by atoms with Crippen molar-refractivity contribution in [1.29, 1.82) is 0 Å². The van der Waals surface area contributed by atoms with E-state index in [0.717, 1.165) is 6.42 Å². The van der Waals surface area contributed by atoms with Crippen LogP contribution in [0.15, 0.2) is 11.6 Å². The van der Waals surface area contributed by atoms with E-state index in [0.29, 0.717) is 17.8 Å². The molecule has 1 rings (SSSR count). The molecular formula is C10H15O. The Kier molecular flexibility index (Phi) is 2.17. The van der Waals surface area contributed by atoms with Crippen molar-refractivity contribution in [2.24, 2.45) is 11.3 Å². The standard InChI is InChI=1S/C10H15O/c1-8-6-9(4-5-11)7-10(8,2)3/h6,9H,4,7H2,1-3H3. The summed E-state index contributed by atoms with van der Waals surface area (Å²) in [5.74, 6) is 0.447. The third kappa shape index (κ3) is 1.70. The normalized spacial score (nSPS) is 28.3. The van der Waals surface area contributed by atoms with Gasteiger partial charge in [-0.25, -0.2) is 0 Å². The van der Waals surface area contributed by atoms with Gasteiger partial charge in [0.1, 0.15) is 0 Å². The molecule has 1 aliphatic rings. The molecular weight excluding hydrogens is 136 g/mol. The van der Waals surface area contributed by atoms with E-state index in [-0.39, 0.29) is 0 Å². The van der Waals surface area contributed by atoms with Gasteiger partial charge in [-0.1, -0.05) is 25.5 Å². The van der Waals surface area contributed by atoms with Crippen LogP contribution in [0.2, 0.25) is 0 Å². The molecule has 1 aliphatic carbocycles. The molecule has 0 amide bonds. The summed E-state index contributed by atoms with van der Waals surface area (Å²) in [5, 5.41) is 0. The van der Waals surface area contributed by atoms with Crippen LogP contribution in [0.3, 0.4) is 0 Å². The summed E-state index contributed by atoms with van der Waals surface area (Å²) < 4.78 is 0. The van der Waals surface area contributed by atoms with E-state index in [2.05, 4.69) is 26.8 Å². The highest BCUT2D eigenvalue weighted by molar-refractivity contribution is 5.51. The van der Waals surface area contributed by atoms with Gasteiger partial charge in [0.15, 0.2) is 6.29 Å². The number of allylic oxidation sites excluding steroid dienone is 2. The second-order valence-corrected chi connectivity index (χ2v) is 4.05. The SMILES string of the molecule is CC1=CC(C[C]=O)CC1(C)C. The Bertz CT molecular complexity index is 189. The minimum absolute atomic E-state index is 0.307. The van der Waals surface area contributed by atoms with Crippen molar-refractivity contribution in [1.82, 2.24) is 0 Å². The molecule has 0 N–H and O–H groups in total. The van der Waals surface area contributed by atoms with Crippen molar-refractivity contribution in [3.63, 3.8) is 0 Å². The van der Waals surface area contributed by atoms with Gasteiger partial charge in [0.2, 0.25) is 0 Å². The number of carbonyl (C=O) groups excluding carboxylic acids is 1. The number of hydrogen-bond acceptors (Lipinski definition) is 1. The number of hydrogen-bond donors (Lipinski definition) is 0. The van der Waals surface area contributed by atoms with E-state index < -0.39 is 0 Å². The Morgan fingerprint density at radius 2 is 2.36 bits per heavy atom. The third-order valence-corrected chi connectivity index (χ3v) is 2.67. The van der Waals surface area contributed by atoms with Gasteiger partial charge >= 0.3 is 0 Å².